The van der Waals surface area contributed by atoms with Gasteiger partial charge in [0.25, 0.3) is 5.56 Å². The van der Waals surface area contributed by atoms with Crippen molar-refractivity contribution in [3.05, 3.63) is 98.3 Å². The lowest BCUT2D eigenvalue weighted by Gasteiger charge is -2.39. The van der Waals surface area contributed by atoms with E-state index in [9.17, 15) is 26.8 Å². The van der Waals surface area contributed by atoms with E-state index < -0.39 is 26.2 Å². The second-order valence-corrected chi connectivity index (χ2v) is 10.1. The van der Waals surface area contributed by atoms with Crippen LogP contribution in [0, 0.1) is 11.6 Å². The number of hydrogen-bond acceptors (Lipinski definition) is 5. The van der Waals surface area contributed by atoms with Crippen molar-refractivity contribution in [3.8, 4) is 0 Å². The molecule has 0 amide bonds. The van der Waals surface area contributed by atoms with Gasteiger partial charge >= 0.3 is 5.69 Å². The average Bonchev–Trinajstić information content (AvgIpc) is 2.83. The first-order valence-electron chi connectivity index (χ1n) is 10.6. The first-order chi connectivity index (χ1) is 16.1. The van der Waals surface area contributed by atoms with Crippen molar-refractivity contribution in [1.29, 1.82) is 0 Å². The topological polar surface area (TPSA) is 84.6 Å². The van der Waals surface area contributed by atoms with Crippen molar-refractivity contribution >= 4 is 10.0 Å². The van der Waals surface area contributed by atoms with Crippen LogP contribution in [0.1, 0.15) is 17.2 Å². The summed E-state index contributed by atoms with van der Waals surface area (Å²) < 4.78 is 56.5. The standard InChI is InChI=1S/C23H24F2N4O4S/c1-26-15-20(22(30)27(2)23(26)31)34(32,33)29-13-11-28(12-14-29)21(16-3-7-18(24)8-4-16)17-5-9-19(25)10-6-17/h3-10,15,21H,11-14H2,1-2H3. The fourth-order valence-corrected chi connectivity index (χ4v) is 5.77. The second-order valence-electron chi connectivity index (χ2n) is 8.20. The quantitative estimate of drug-likeness (QED) is 0.541. The number of sulfonamides is 1. The maximum absolute atomic E-state index is 13.5. The summed E-state index contributed by atoms with van der Waals surface area (Å²) >= 11 is 0. The largest absolute Gasteiger partial charge is 0.330 e. The van der Waals surface area contributed by atoms with Crippen LogP contribution in [0.2, 0.25) is 0 Å². The van der Waals surface area contributed by atoms with Gasteiger partial charge < -0.3 is 4.57 Å². The molecule has 1 aliphatic rings. The summed E-state index contributed by atoms with van der Waals surface area (Å²) in [7, 11) is -1.51. The average molecular weight is 491 g/mol. The zero-order valence-corrected chi connectivity index (χ0v) is 19.5. The Hall–Kier alpha value is -3.15. The maximum Gasteiger partial charge on any atom is 0.330 e. The Balaban J connectivity index is 1.62. The Morgan fingerprint density at radius 3 is 1.74 bits per heavy atom. The lowest BCUT2D eigenvalue weighted by molar-refractivity contribution is 0.155. The van der Waals surface area contributed by atoms with Crippen molar-refractivity contribution in [2.45, 2.75) is 10.9 Å². The first kappa shape index (κ1) is 24.0. The van der Waals surface area contributed by atoms with Crippen molar-refractivity contribution in [1.82, 2.24) is 18.3 Å². The zero-order valence-electron chi connectivity index (χ0n) is 18.7. The van der Waals surface area contributed by atoms with E-state index >= 15 is 0 Å². The van der Waals surface area contributed by atoms with E-state index in [1.54, 1.807) is 24.3 Å². The fraction of sp³-hybridized carbons (Fsp3) is 0.304. The fourth-order valence-electron chi connectivity index (χ4n) is 4.20. The molecule has 11 heteroatoms. The van der Waals surface area contributed by atoms with Crippen molar-refractivity contribution in [2.24, 2.45) is 14.1 Å². The number of rotatable bonds is 5. The molecule has 2 heterocycles. The molecule has 180 valence electrons. The number of hydrogen-bond donors (Lipinski definition) is 0. The van der Waals surface area contributed by atoms with E-state index in [2.05, 4.69) is 0 Å². The van der Waals surface area contributed by atoms with Crippen molar-refractivity contribution in [2.75, 3.05) is 26.2 Å². The molecule has 0 N–H and O–H groups in total. The number of piperazine rings is 1. The van der Waals surface area contributed by atoms with E-state index in [4.69, 9.17) is 0 Å². The SMILES string of the molecule is Cn1cc(S(=O)(=O)N2CCN(C(c3ccc(F)cc3)c3ccc(F)cc3)CC2)c(=O)n(C)c1=O. The summed E-state index contributed by atoms with van der Waals surface area (Å²) in [4.78, 5) is 26.0. The van der Waals surface area contributed by atoms with Crippen LogP contribution in [0.5, 0.6) is 0 Å². The van der Waals surface area contributed by atoms with E-state index in [0.717, 1.165) is 26.5 Å². The zero-order chi connectivity index (χ0) is 24.6. The third-order valence-corrected chi connectivity index (χ3v) is 7.92. The summed E-state index contributed by atoms with van der Waals surface area (Å²) in [5.74, 6) is -0.757. The third-order valence-electron chi connectivity index (χ3n) is 6.04. The molecule has 0 atom stereocenters. The maximum atomic E-state index is 13.5. The molecule has 8 nitrogen and oxygen atoms in total. The smallest absolute Gasteiger partial charge is 0.302 e. The predicted molar refractivity (Wildman–Crippen MR) is 122 cm³/mol. The molecule has 2 aromatic carbocycles. The van der Waals surface area contributed by atoms with Gasteiger partial charge in [-0.25, -0.2) is 22.0 Å². The predicted octanol–water partition coefficient (Wildman–Crippen LogP) is 1.46. The van der Waals surface area contributed by atoms with Crippen LogP contribution >= 0.6 is 0 Å². The highest BCUT2D eigenvalue weighted by Gasteiger charge is 2.34. The minimum Gasteiger partial charge on any atom is -0.302 e. The molecular formula is C23H24F2N4O4S. The molecule has 1 aliphatic heterocycles. The number of aryl methyl sites for hydroxylation is 1. The van der Waals surface area contributed by atoms with Gasteiger partial charge in [-0.05, 0) is 35.4 Å². The lowest BCUT2D eigenvalue weighted by Crippen LogP contribution is -2.51. The number of nitrogens with zero attached hydrogens (tertiary/aromatic N) is 4. The Labute approximate surface area is 195 Å². The van der Waals surface area contributed by atoms with Gasteiger partial charge in [0.15, 0.2) is 4.90 Å². The Morgan fingerprint density at radius 2 is 1.26 bits per heavy atom. The van der Waals surface area contributed by atoms with Crippen LogP contribution in [0.25, 0.3) is 0 Å². The van der Waals surface area contributed by atoms with Gasteiger partial charge in [0.2, 0.25) is 10.0 Å². The Bertz CT molecular complexity index is 1360. The summed E-state index contributed by atoms with van der Waals surface area (Å²) in [6.45, 7) is 0.857. The van der Waals surface area contributed by atoms with Crippen LogP contribution < -0.4 is 11.2 Å². The molecule has 34 heavy (non-hydrogen) atoms. The second kappa shape index (κ2) is 9.24. The summed E-state index contributed by atoms with van der Waals surface area (Å²) in [6, 6.07) is 11.7. The van der Waals surface area contributed by atoms with Crippen LogP contribution in [0.3, 0.4) is 0 Å². The van der Waals surface area contributed by atoms with Gasteiger partial charge in [0.1, 0.15) is 11.6 Å². The van der Waals surface area contributed by atoms with Crippen molar-refractivity contribution in [3.63, 3.8) is 0 Å². The van der Waals surface area contributed by atoms with Gasteiger partial charge in [-0.1, -0.05) is 24.3 Å². The number of halogens is 2. The monoisotopic (exact) mass is 490 g/mol. The Kier molecular flexibility index (Phi) is 6.52. The van der Waals surface area contributed by atoms with E-state index in [-0.39, 0.29) is 30.8 Å². The summed E-state index contributed by atoms with van der Waals surface area (Å²) in [6.07, 6.45) is 1.05. The molecule has 1 fully saturated rings. The van der Waals surface area contributed by atoms with Gasteiger partial charge in [-0.15, -0.1) is 0 Å². The highest BCUT2D eigenvalue weighted by molar-refractivity contribution is 7.89. The molecule has 0 bridgehead atoms. The van der Waals surface area contributed by atoms with Crippen LogP contribution in [0.4, 0.5) is 8.78 Å². The lowest BCUT2D eigenvalue weighted by atomic mass is 9.96. The summed E-state index contributed by atoms with van der Waals surface area (Å²) in [5.41, 5.74) is 0.0868. The molecule has 1 saturated heterocycles. The molecule has 4 rings (SSSR count). The molecule has 0 unspecified atom stereocenters. The highest BCUT2D eigenvalue weighted by atomic mass is 32.2. The summed E-state index contributed by atoms with van der Waals surface area (Å²) in [5, 5.41) is 0. The minimum atomic E-state index is -4.13. The normalized spacial score (nSPS) is 15.7. The van der Waals surface area contributed by atoms with Crippen molar-refractivity contribution < 1.29 is 17.2 Å². The van der Waals surface area contributed by atoms with Gasteiger partial charge in [-0.3, -0.25) is 14.3 Å². The Morgan fingerprint density at radius 1 is 0.794 bits per heavy atom. The minimum absolute atomic E-state index is 0.104. The van der Waals surface area contributed by atoms with E-state index in [1.165, 1.54) is 42.7 Å². The molecule has 0 aliphatic carbocycles. The molecule has 1 aromatic heterocycles. The first-order valence-corrected chi connectivity index (χ1v) is 12.1. The third kappa shape index (κ3) is 4.46. The molecule has 3 aromatic rings. The number of aromatic nitrogens is 2. The molecule has 0 spiro atoms. The van der Waals surface area contributed by atoms with Gasteiger partial charge in [0, 0.05) is 46.5 Å². The highest BCUT2D eigenvalue weighted by Crippen LogP contribution is 2.30. The van der Waals surface area contributed by atoms with Crippen LogP contribution in [0.15, 0.2) is 69.2 Å². The van der Waals surface area contributed by atoms with Gasteiger partial charge in [-0.2, -0.15) is 4.31 Å². The molecule has 0 saturated carbocycles. The van der Waals surface area contributed by atoms with E-state index in [0.29, 0.717) is 13.1 Å². The molecular weight excluding hydrogens is 466 g/mol. The van der Waals surface area contributed by atoms with Crippen LogP contribution in [-0.4, -0.2) is 52.9 Å². The van der Waals surface area contributed by atoms with Crippen LogP contribution in [-0.2, 0) is 24.1 Å². The van der Waals surface area contributed by atoms with Gasteiger partial charge in [0.05, 0.1) is 6.04 Å². The molecule has 0 radical (unpaired) electrons. The number of benzene rings is 2. The van der Waals surface area contributed by atoms with E-state index in [1.807, 2.05) is 4.90 Å².